The van der Waals surface area contributed by atoms with Crippen molar-refractivity contribution in [2.45, 2.75) is 11.3 Å². The normalized spacial score (nSPS) is 14.0. The van der Waals surface area contributed by atoms with Gasteiger partial charge in [-0.15, -0.1) is 0 Å². The van der Waals surface area contributed by atoms with E-state index in [0.29, 0.717) is 30.9 Å². The fourth-order valence-corrected chi connectivity index (χ4v) is 5.65. The van der Waals surface area contributed by atoms with E-state index in [1.54, 1.807) is 12.1 Å². The number of carbonyl (C=O) groups excluding carboxylic acids is 2. The Balaban J connectivity index is 1.31. The molecule has 1 fully saturated rings. The number of amides is 2. The average Bonchev–Trinajstić information content (AvgIpc) is 2.99. The zero-order chi connectivity index (χ0) is 28.4. The SMILES string of the molecule is COc1ccc(C=CC(=O)NNC(=O)COc2ccccc2Cc2ccccc2)cc1S(=O)(=O)N1CCOCC1. The van der Waals surface area contributed by atoms with Crippen molar-refractivity contribution in [2.75, 3.05) is 40.0 Å². The number of sulfonamides is 1. The zero-order valence-corrected chi connectivity index (χ0v) is 22.9. The number of carbonyl (C=O) groups is 2. The number of para-hydroxylation sites is 1. The summed E-state index contributed by atoms with van der Waals surface area (Å²) in [5.41, 5.74) is 7.11. The molecule has 0 bridgehead atoms. The molecule has 2 amide bonds. The number of nitrogens with one attached hydrogen (secondary N) is 2. The van der Waals surface area contributed by atoms with Gasteiger partial charge in [-0.05, 0) is 41.0 Å². The maximum absolute atomic E-state index is 13.1. The van der Waals surface area contributed by atoms with Crippen LogP contribution in [0.3, 0.4) is 0 Å². The van der Waals surface area contributed by atoms with Crippen LogP contribution in [-0.4, -0.2) is 64.6 Å². The highest BCUT2D eigenvalue weighted by Crippen LogP contribution is 2.29. The van der Waals surface area contributed by atoms with Gasteiger partial charge in [-0.2, -0.15) is 4.31 Å². The van der Waals surface area contributed by atoms with E-state index in [-0.39, 0.29) is 30.3 Å². The van der Waals surface area contributed by atoms with Crippen LogP contribution in [0.25, 0.3) is 6.08 Å². The lowest BCUT2D eigenvalue weighted by Crippen LogP contribution is -2.43. The molecule has 1 saturated heterocycles. The predicted molar refractivity (Wildman–Crippen MR) is 149 cm³/mol. The zero-order valence-electron chi connectivity index (χ0n) is 22.0. The van der Waals surface area contributed by atoms with Gasteiger partial charge in [0.2, 0.25) is 10.0 Å². The van der Waals surface area contributed by atoms with Crippen molar-refractivity contribution in [1.82, 2.24) is 15.2 Å². The summed E-state index contributed by atoms with van der Waals surface area (Å²) in [5.74, 6) is -0.369. The molecule has 0 radical (unpaired) electrons. The third-order valence-corrected chi connectivity index (χ3v) is 8.02. The highest BCUT2D eigenvalue weighted by atomic mass is 32.2. The highest BCUT2D eigenvalue weighted by Gasteiger charge is 2.29. The van der Waals surface area contributed by atoms with E-state index in [1.165, 1.54) is 35.7 Å². The van der Waals surface area contributed by atoms with E-state index >= 15 is 0 Å². The molecular weight excluding hydrogens is 534 g/mol. The lowest BCUT2D eigenvalue weighted by Gasteiger charge is -2.26. The maximum atomic E-state index is 13.1. The van der Waals surface area contributed by atoms with Crippen molar-refractivity contribution in [1.29, 1.82) is 0 Å². The van der Waals surface area contributed by atoms with Gasteiger partial charge in [-0.25, -0.2) is 8.42 Å². The van der Waals surface area contributed by atoms with Crippen LogP contribution in [0.4, 0.5) is 0 Å². The van der Waals surface area contributed by atoms with Crippen LogP contribution >= 0.6 is 0 Å². The lowest BCUT2D eigenvalue weighted by molar-refractivity contribution is -0.128. The molecule has 0 atom stereocenters. The molecule has 0 spiro atoms. The first-order valence-corrected chi connectivity index (χ1v) is 14.1. The smallest absolute Gasteiger partial charge is 0.276 e. The van der Waals surface area contributed by atoms with Gasteiger partial charge >= 0.3 is 0 Å². The summed E-state index contributed by atoms with van der Waals surface area (Å²) in [6, 6.07) is 21.9. The summed E-state index contributed by atoms with van der Waals surface area (Å²) in [6.07, 6.45) is 3.28. The van der Waals surface area contributed by atoms with Crippen molar-refractivity contribution >= 4 is 27.9 Å². The summed E-state index contributed by atoms with van der Waals surface area (Å²) in [4.78, 5) is 24.6. The molecule has 1 aliphatic heterocycles. The molecule has 210 valence electrons. The Labute approximate surface area is 233 Å². The van der Waals surface area contributed by atoms with Gasteiger partial charge in [0.25, 0.3) is 11.8 Å². The molecule has 1 heterocycles. The van der Waals surface area contributed by atoms with Crippen molar-refractivity contribution < 1.29 is 32.2 Å². The van der Waals surface area contributed by atoms with E-state index < -0.39 is 21.8 Å². The Morgan fingerprint density at radius 3 is 2.42 bits per heavy atom. The number of ether oxygens (including phenoxy) is 3. The van der Waals surface area contributed by atoms with Crippen molar-refractivity contribution in [2.24, 2.45) is 0 Å². The molecule has 0 unspecified atom stereocenters. The first-order valence-electron chi connectivity index (χ1n) is 12.6. The molecule has 11 heteroatoms. The first-order chi connectivity index (χ1) is 19.4. The largest absolute Gasteiger partial charge is 0.495 e. The van der Waals surface area contributed by atoms with Gasteiger partial charge in [0, 0.05) is 25.6 Å². The summed E-state index contributed by atoms with van der Waals surface area (Å²) in [6.45, 7) is 0.833. The topological polar surface area (TPSA) is 123 Å². The minimum Gasteiger partial charge on any atom is -0.495 e. The van der Waals surface area contributed by atoms with Gasteiger partial charge < -0.3 is 14.2 Å². The number of hydrazine groups is 1. The summed E-state index contributed by atoms with van der Waals surface area (Å²) in [5, 5.41) is 0. The standard InChI is InChI=1S/C29H31N3O7S/c1-37-26-13-11-23(20-27(26)40(35,36)32-15-17-38-18-16-32)12-14-28(33)30-31-29(34)21-39-25-10-6-5-9-24(25)19-22-7-3-2-4-8-22/h2-14,20H,15-19,21H2,1H3,(H,30,33)(H,31,34). The number of methoxy groups -OCH3 is 1. The van der Waals surface area contributed by atoms with E-state index in [2.05, 4.69) is 10.9 Å². The number of hydrogen-bond acceptors (Lipinski definition) is 7. The van der Waals surface area contributed by atoms with Crippen molar-refractivity contribution in [3.05, 3.63) is 95.6 Å². The van der Waals surface area contributed by atoms with Crippen LogP contribution in [0, 0.1) is 0 Å². The molecule has 3 aromatic rings. The fraction of sp³-hybridized carbons (Fsp3) is 0.241. The monoisotopic (exact) mass is 565 g/mol. The second kappa shape index (κ2) is 13.7. The molecule has 2 N–H and O–H groups in total. The second-order valence-electron chi connectivity index (χ2n) is 8.86. The number of benzene rings is 3. The molecule has 1 aliphatic rings. The molecular formula is C29H31N3O7S. The first kappa shape index (κ1) is 28.8. The summed E-state index contributed by atoms with van der Waals surface area (Å²) < 4.78 is 43.8. The van der Waals surface area contributed by atoms with Crippen LogP contribution in [0.2, 0.25) is 0 Å². The average molecular weight is 566 g/mol. The van der Waals surface area contributed by atoms with E-state index in [0.717, 1.165) is 11.1 Å². The predicted octanol–water partition coefficient (Wildman–Crippen LogP) is 2.55. The van der Waals surface area contributed by atoms with Gasteiger partial charge in [0.15, 0.2) is 6.61 Å². The lowest BCUT2D eigenvalue weighted by atomic mass is 10.0. The van der Waals surface area contributed by atoms with E-state index in [1.807, 2.05) is 48.5 Å². The highest BCUT2D eigenvalue weighted by molar-refractivity contribution is 7.89. The Bertz CT molecular complexity index is 1450. The minimum atomic E-state index is -3.81. The van der Waals surface area contributed by atoms with Crippen LogP contribution < -0.4 is 20.3 Å². The number of morpholine rings is 1. The minimum absolute atomic E-state index is 0.00236. The van der Waals surface area contributed by atoms with Crippen LogP contribution in [0.5, 0.6) is 11.5 Å². The Morgan fingerprint density at radius 1 is 0.950 bits per heavy atom. The van der Waals surface area contributed by atoms with Crippen molar-refractivity contribution in [3.63, 3.8) is 0 Å². The van der Waals surface area contributed by atoms with E-state index in [9.17, 15) is 18.0 Å². The molecule has 0 aromatic heterocycles. The van der Waals surface area contributed by atoms with Gasteiger partial charge in [0.1, 0.15) is 16.4 Å². The molecule has 0 saturated carbocycles. The quantitative estimate of drug-likeness (QED) is 0.286. The Kier molecular flexibility index (Phi) is 9.90. The molecule has 10 nitrogen and oxygen atoms in total. The van der Waals surface area contributed by atoms with Crippen LogP contribution in [0.1, 0.15) is 16.7 Å². The van der Waals surface area contributed by atoms with Crippen molar-refractivity contribution in [3.8, 4) is 11.5 Å². The van der Waals surface area contributed by atoms with Gasteiger partial charge in [0.05, 0.1) is 20.3 Å². The molecule has 4 rings (SSSR count). The Hall–Kier alpha value is -4.19. The van der Waals surface area contributed by atoms with Crippen LogP contribution in [0.15, 0.2) is 83.8 Å². The van der Waals surface area contributed by atoms with E-state index in [4.69, 9.17) is 14.2 Å². The number of nitrogens with zero attached hydrogens (tertiary/aromatic N) is 1. The van der Waals surface area contributed by atoms with Gasteiger partial charge in [-0.3, -0.25) is 20.4 Å². The number of hydrogen-bond donors (Lipinski definition) is 2. The third kappa shape index (κ3) is 7.69. The summed E-state index contributed by atoms with van der Waals surface area (Å²) in [7, 11) is -2.42. The second-order valence-corrected chi connectivity index (χ2v) is 10.8. The molecule has 0 aliphatic carbocycles. The molecule has 40 heavy (non-hydrogen) atoms. The maximum Gasteiger partial charge on any atom is 0.276 e. The Morgan fingerprint density at radius 2 is 1.68 bits per heavy atom. The van der Waals surface area contributed by atoms with Crippen LogP contribution in [-0.2, 0) is 30.8 Å². The third-order valence-electron chi connectivity index (χ3n) is 6.10. The molecule has 3 aromatic carbocycles. The van der Waals surface area contributed by atoms with Gasteiger partial charge in [-0.1, -0.05) is 54.6 Å². The number of rotatable bonds is 10. The fourth-order valence-electron chi connectivity index (χ4n) is 4.06. The summed E-state index contributed by atoms with van der Waals surface area (Å²) >= 11 is 0.